The molecule has 1 heteroatoms. The third-order valence-corrected chi connectivity index (χ3v) is 4.10. The predicted octanol–water partition coefficient (Wildman–Crippen LogP) is 5.01. The molecule has 0 amide bonds. The van der Waals surface area contributed by atoms with Crippen LogP contribution in [-0.2, 0) is 0 Å². The van der Waals surface area contributed by atoms with Crippen LogP contribution in [0, 0.1) is 25.2 Å². The summed E-state index contributed by atoms with van der Waals surface area (Å²) in [7, 11) is 0. The number of terminal acetylenes is 1. The van der Waals surface area contributed by atoms with Crippen LogP contribution in [0.4, 0.5) is 0 Å². The molecule has 2 atom stereocenters. The molecule has 0 N–H and O–H groups in total. The van der Waals surface area contributed by atoms with Gasteiger partial charge in [0.1, 0.15) is 0 Å². The van der Waals surface area contributed by atoms with Crippen molar-refractivity contribution in [2.24, 2.45) is 5.92 Å². The number of carbonyl (C=O) groups is 1. The summed E-state index contributed by atoms with van der Waals surface area (Å²) in [5.41, 5.74) is 2.98. The highest BCUT2D eigenvalue weighted by molar-refractivity contribution is 5.98. The largest absolute Gasteiger partial charge is 0.294 e. The van der Waals surface area contributed by atoms with Crippen molar-refractivity contribution in [2.45, 2.75) is 32.6 Å². The second-order valence-corrected chi connectivity index (χ2v) is 5.63. The first kappa shape index (κ1) is 16.0. The number of Topliss-reactive ketones (excluding diaryl/α,β-unsaturated/α-hetero) is 1. The molecule has 0 saturated heterocycles. The van der Waals surface area contributed by atoms with Gasteiger partial charge in [-0.1, -0.05) is 73.9 Å². The van der Waals surface area contributed by atoms with Gasteiger partial charge in [0, 0.05) is 11.5 Å². The lowest BCUT2D eigenvalue weighted by molar-refractivity contribution is 0.0903. The summed E-state index contributed by atoms with van der Waals surface area (Å²) in [6.45, 7) is 4.15. The van der Waals surface area contributed by atoms with E-state index in [0.717, 1.165) is 29.5 Å². The third kappa shape index (κ3) is 3.46. The fourth-order valence-electron chi connectivity index (χ4n) is 2.94. The summed E-state index contributed by atoms with van der Waals surface area (Å²) in [6.07, 6.45) is 7.56. The number of carbonyl (C=O) groups excluding carboxylic acids is 1. The molecule has 0 aliphatic carbocycles. The summed E-state index contributed by atoms with van der Waals surface area (Å²) < 4.78 is 0. The molecule has 0 spiro atoms. The monoisotopic (exact) mass is 290 g/mol. The van der Waals surface area contributed by atoms with Crippen LogP contribution in [0.3, 0.4) is 0 Å². The molecule has 0 fully saturated rings. The van der Waals surface area contributed by atoms with Crippen molar-refractivity contribution < 1.29 is 4.79 Å². The highest BCUT2D eigenvalue weighted by atomic mass is 16.1. The van der Waals surface area contributed by atoms with Crippen molar-refractivity contribution in [1.29, 1.82) is 0 Å². The second kappa shape index (κ2) is 7.61. The van der Waals surface area contributed by atoms with E-state index in [1.165, 1.54) is 0 Å². The van der Waals surface area contributed by atoms with Gasteiger partial charge in [-0.25, -0.2) is 0 Å². The Bertz CT molecular complexity index is 664. The Labute approximate surface area is 133 Å². The normalized spacial score (nSPS) is 13.1. The van der Waals surface area contributed by atoms with E-state index in [1.54, 1.807) is 0 Å². The average molecular weight is 290 g/mol. The first-order chi connectivity index (χ1) is 10.7. The minimum Gasteiger partial charge on any atom is -0.294 e. The summed E-state index contributed by atoms with van der Waals surface area (Å²) in [5.74, 6) is 2.68. The van der Waals surface area contributed by atoms with Gasteiger partial charge in [-0.15, -0.1) is 6.42 Å². The number of aryl methyl sites for hydroxylation is 1. The van der Waals surface area contributed by atoms with E-state index in [9.17, 15) is 4.79 Å². The zero-order valence-corrected chi connectivity index (χ0v) is 13.3. The maximum atomic E-state index is 12.9. The molecular formula is C21H22O. The minimum absolute atomic E-state index is 0.147. The quantitative estimate of drug-likeness (QED) is 0.540. The molecule has 2 rings (SSSR count). The molecular weight excluding hydrogens is 268 g/mol. The van der Waals surface area contributed by atoms with E-state index in [0.29, 0.717) is 0 Å². The smallest absolute Gasteiger partial charge is 0.167 e. The van der Waals surface area contributed by atoms with Crippen LogP contribution in [0.1, 0.15) is 47.2 Å². The molecule has 0 bridgehead atoms. The molecule has 0 heterocycles. The number of ketones is 1. The van der Waals surface area contributed by atoms with Crippen LogP contribution in [0.2, 0.25) is 0 Å². The van der Waals surface area contributed by atoms with Crippen molar-refractivity contribution in [1.82, 2.24) is 0 Å². The van der Waals surface area contributed by atoms with E-state index in [-0.39, 0.29) is 17.6 Å². The molecule has 22 heavy (non-hydrogen) atoms. The Morgan fingerprint density at radius 2 is 1.73 bits per heavy atom. The number of rotatable bonds is 6. The molecule has 0 radical (unpaired) electrons. The van der Waals surface area contributed by atoms with Crippen LogP contribution in [0.15, 0.2) is 54.6 Å². The Hall–Kier alpha value is -2.33. The first-order valence-electron chi connectivity index (χ1n) is 7.80. The maximum absolute atomic E-state index is 12.9. The molecule has 112 valence electrons. The van der Waals surface area contributed by atoms with Gasteiger partial charge in [0.25, 0.3) is 0 Å². The molecule has 2 aromatic rings. The molecule has 2 aromatic carbocycles. The molecule has 0 saturated carbocycles. The van der Waals surface area contributed by atoms with Crippen LogP contribution >= 0.6 is 0 Å². The lowest BCUT2D eigenvalue weighted by Gasteiger charge is -2.23. The Balaban J connectivity index is 2.40. The Morgan fingerprint density at radius 3 is 2.32 bits per heavy atom. The number of hydrogen-bond acceptors (Lipinski definition) is 1. The van der Waals surface area contributed by atoms with E-state index >= 15 is 0 Å². The molecule has 0 unspecified atom stereocenters. The van der Waals surface area contributed by atoms with Crippen LogP contribution in [0.25, 0.3) is 0 Å². The van der Waals surface area contributed by atoms with Crippen molar-refractivity contribution in [3.05, 3.63) is 71.3 Å². The zero-order chi connectivity index (χ0) is 15.9. The van der Waals surface area contributed by atoms with Gasteiger partial charge in [0.05, 0.1) is 5.92 Å². The van der Waals surface area contributed by atoms with Gasteiger partial charge in [-0.3, -0.25) is 4.79 Å². The highest BCUT2D eigenvalue weighted by Gasteiger charge is 2.29. The van der Waals surface area contributed by atoms with Crippen molar-refractivity contribution in [3.63, 3.8) is 0 Å². The summed E-state index contributed by atoms with van der Waals surface area (Å²) >= 11 is 0. The lowest BCUT2D eigenvalue weighted by atomic mass is 9.78. The fourth-order valence-corrected chi connectivity index (χ4v) is 2.94. The van der Waals surface area contributed by atoms with Crippen LogP contribution in [0.5, 0.6) is 0 Å². The Morgan fingerprint density at radius 1 is 1.09 bits per heavy atom. The predicted molar refractivity (Wildman–Crippen MR) is 91.9 cm³/mol. The molecule has 0 aliphatic rings. The van der Waals surface area contributed by atoms with Crippen LogP contribution < -0.4 is 0 Å². The first-order valence-corrected chi connectivity index (χ1v) is 7.80. The van der Waals surface area contributed by atoms with Crippen molar-refractivity contribution in [2.75, 3.05) is 0 Å². The van der Waals surface area contributed by atoms with Crippen LogP contribution in [-0.4, -0.2) is 5.78 Å². The van der Waals surface area contributed by atoms with Crippen molar-refractivity contribution in [3.8, 4) is 12.3 Å². The van der Waals surface area contributed by atoms with Gasteiger partial charge in [0.2, 0.25) is 0 Å². The molecule has 1 nitrogen and oxygen atoms in total. The van der Waals surface area contributed by atoms with E-state index in [4.69, 9.17) is 6.42 Å². The average Bonchev–Trinajstić information content (AvgIpc) is 2.56. The third-order valence-electron chi connectivity index (χ3n) is 4.10. The fraction of sp³-hybridized carbons (Fsp3) is 0.286. The second-order valence-electron chi connectivity index (χ2n) is 5.63. The van der Waals surface area contributed by atoms with Gasteiger partial charge in [0.15, 0.2) is 5.78 Å². The highest BCUT2D eigenvalue weighted by Crippen LogP contribution is 2.32. The summed E-state index contributed by atoms with van der Waals surface area (Å²) in [6, 6.07) is 17.5. The number of benzene rings is 2. The van der Waals surface area contributed by atoms with Gasteiger partial charge in [-0.2, -0.15) is 0 Å². The van der Waals surface area contributed by atoms with E-state index in [1.807, 2.05) is 48.5 Å². The standard InChI is InChI=1S/C21H22O/c1-4-11-20(21(22)17-13-7-6-8-14-17)18(5-2)19-15-10-9-12-16(19)3/h2,6-10,12-15,18,20H,4,11H2,1,3H3/t18-,20+/m0/s1. The van der Waals surface area contributed by atoms with E-state index < -0.39 is 0 Å². The minimum atomic E-state index is -0.172. The lowest BCUT2D eigenvalue weighted by Crippen LogP contribution is -2.22. The van der Waals surface area contributed by atoms with Gasteiger partial charge >= 0.3 is 0 Å². The van der Waals surface area contributed by atoms with Gasteiger partial charge < -0.3 is 0 Å². The number of hydrogen-bond donors (Lipinski definition) is 0. The maximum Gasteiger partial charge on any atom is 0.167 e. The molecule has 0 aliphatic heterocycles. The van der Waals surface area contributed by atoms with Gasteiger partial charge in [-0.05, 0) is 24.5 Å². The summed E-state index contributed by atoms with van der Waals surface area (Å²) in [5, 5.41) is 0. The summed E-state index contributed by atoms with van der Waals surface area (Å²) in [4.78, 5) is 12.9. The van der Waals surface area contributed by atoms with Crippen molar-refractivity contribution >= 4 is 5.78 Å². The van der Waals surface area contributed by atoms with E-state index in [2.05, 4.69) is 25.8 Å². The molecule has 0 aromatic heterocycles. The Kier molecular flexibility index (Phi) is 5.55. The zero-order valence-electron chi connectivity index (χ0n) is 13.3. The topological polar surface area (TPSA) is 17.1 Å². The SMILES string of the molecule is C#C[C@@H](c1ccccc1C)[C@@H](CCC)C(=O)c1ccccc1.